The van der Waals surface area contributed by atoms with Gasteiger partial charge in [0, 0.05) is 6.54 Å². The SMILES string of the molecule is C=CCOc1nc(NCC)nc(OCC=C)n1. The van der Waals surface area contributed by atoms with Gasteiger partial charge in [-0.15, -0.1) is 4.98 Å². The molecule has 17 heavy (non-hydrogen) atoms. The lowest BCUT2D eigenvalue weighted by molar-refractivity contribution is 0.299. The van der Waals surface area contributed by atoms with E-state index in [2.05, 4.69) is 33.4 Å². The third-order valence-electron chi connectivity index (χ3n) is 1.59. The molecule has 1 aromatic heterocycles. The van der Waals surface area contributed by atoms with Crippen LogP contribution in [0.2, 0.25) is 0 Å². The van der Waals surface area contributed by atoms with E-state index in [9.17, 15) is 0 Å². The Morgan fingerprint density at radius 2 is 1.59 bits per heavy atom. The van der Waals surface area contributed by atoms with Gasteiger partial charge in [-0.25, -0.2) is 0 Å². The lowest BCUT2D eigenvalue weighted by Crippen LogP contribution is -2.09. The van der Waals surface area contributed by atoms with E-state index >= 15 is 0 Å². The summed E-state index contributed by atoms with van der Waals surface area (Å²) in [5, 5.41) is 2.97. The van der Waals surface area contributed by atoms with E-state index in [0.717, 1.165) is 0 Å². The molecule has 0 aliphatic rings. The number of nitrogens with one attached hydrogen (secondary N) is 1. The van der Waals surface area contributed by atoms with Gasteiger partial charge in [-0.3, -0.25) is 0 Å². The van der Waals surface area contributed by atoms with Crippen molar-refractivity contribution in [2.24, 2.45) is 0 Å². The number of anilines is 1. The van der Waals surface area contributed by atoms with Crippen molar-refractivity contribution in [3.63, 3.8) is 0 Å². The molecule has 0 spiro atoms. The predicted octanol–water partition coefficient (Wildman–Crippen LogP) is 1.43. The molecule has 0 radical (unpaired) electrons. The monoisotopic (exact) mass is 236 g/mol. The summed E-state index contributed by atoms with van der Waals surface area (Å²) in [6, 6.07) is 0.407. The molecule has 0 aliphatic carbocycles. The number of nitrogens with zero attached hydrogens (tertiary/aromatic N) is 3. The highest BCUT2D eigenvalue weighted by atomic mass is 16.5. The van der Waals surface area contributed by atoms with Crippen LogP contribution in [0.5, 0.6) is 12.0 Å². The molecule has 6 heteroatoms. The zero-order valence-electron chi connectivity index (χ0n) is 9.85. The van der Waals surface area contributed by atoms with Crippen molar-refractivity contribution in [3.8, 4) is 12.0 Å². The van der Waals surface area contributed by atoms with E-state index in [4.69, 9.17) is 9.47 Å². The number of ether oxygens (including phenoxy) is 2. The first-order chi connectivity index (χ1) is 8.30. The largest absolute Gasteiger partial charge is 0.459 e. The van der Waals surface area contributed by atoms with Gasteiger partial charge in [-0.2, -0.15) is 9.97 Å². The normalized spacial score (nSPS) is 9.47. The van der Waals surface area contributed by atoms with Crippen LogP contribution in [-0.2, 0) is 0 Å². The van der Waals surface area contributed by atoms with Gasteiger partial charge in [0.25, 0.3) is 0 Å². The van der Waals surface area contributed by atoms with Crippen molar-refractivity contribution in [2.45, 2.75) is 6.92 Å². The van der Waals surface area contributed by atoms with Crippen molar-refractivity contribution in [3.05, 3.63) is 25.3 Å². The Hall–Kier alpha value is -2.11. The molecule has 1 heterocycles. The standard InChI is InChI=1S/C11H16N4O2/c1-4-7-16-10-13-9(12-6-3)14-11(15-10)17-8-5-2/h4-5H,1-2,6-8H2,3H3,(H,12,13,14,15). The van der Waals surface area contributed by atoms with Crippen molar-refractivity contribution >= 4 is 5.95 Å². The molecule has 92 valence electrons. The molecule has 0 atom stereocenters. The quantitative estimate of drug-likeness (QED) is 0.689. The van der Waals surface area contributed by atoms with E-state index in [1.165, 1.54) is 0 Å². The fraction of sp³-hybridized carbons (Fsp3) is 0.364. The highest BCUT2D eigenvalue weighted by molar-refractivity contribution is 5.27. The zero-order chi connectivity index (χ0) is 12.5. The van der Waals surface area contributed by atoms with Crippen LogP contribution in [0.1, 0.15) is 6.92 Å². The van der Waals surface area contributed by atoms with E-state index < -0.39 is 0 Å². The number of hydrogen-bond acceptors (Lipinski definition) is 6. The van der Waals surface area contributed by atoms with Gasteiger partial charge in [0.1, 0.15) is 13.2 Å². The highest BCUT2D eigenvalue weighted by Gasteiger charge is 2.07. The Morgan fingerprint density at radius 1 is 1.06 bits per heavy atom. The summed E-state index contributed by atoms with van der Waals surface area (Å²) < 4.78 is 10.5. The third kappa shape index (κ3) is 4.50. The maximum absolute atomic E-state index is 5.24. The lowest BCUT2D eigenvalue weighted by atomic mass is 10.7. The van der Waals surface area contributed by atoms with Gasteiger partial charge in [-0.1, -0.05) is 25.3 Å². The molecule has 0 unspecified atom stereocenters. The predicted molar refractivity (Wildman–Crippen MR) is 65.4 cm³/mol. The molecule has 1 N–H and O–H groups in total. The zero-order valence-corrected chi connectivity index (χ0v) is 9.85. The Bertz CT molecular complexity index is 351. The van der Waals surface area contributed by atoms with Crippen LogP contribution in [0.4, 0.5) is 5.95 Å². The molecular formula is C11H16N4O2. The van der Waals surface area contributed by atoms with Crippen LogP contribution < -0.4 is 14.8 Å². The van der Waals surface area contributed by atoms with E-state index in [1.54, 1.807) is 12.2 Å². The Morgan fingerprint density at radius 3 is 2.00 bits per heavy atom. The van der Waals surface area contributed by atoms with Crippen LogP contribution in [0.25, 0.3) is 0 Å². The first-order valence-electron chi connectivity index (χ1n) is 5.27. The van der Waals surface area contributed by atoms with Gasteiger partial charge >= 0.3 is 12.0 Å². The average Bonchev–Trinajstić information content (AvgIpc) is 2.34. The topological polar surface area (TPSA) is 69.2 Å². The molecule has 0 saturated heterocycles. The van der Waals surface area contributed by atoms with E-state index in [1.807, 2.05) is 6.92 Å². The van der Waals surface area contributed by atoms with Crippen LogP contribution in [0.15, 0.2) is 25.3 Å². The third-order valence-corrected chi connectivity index (χ3v) is 1.59. The Kier molecular flexibility index (Phi) is 5.50. The van der Waals surface area contributed by atoms with Gasteiger partial charge in [0.05, 0.1) is 0 Å². The molecule has 1 rings (SSSR count). The molecule has 0 aromatic carbocycles. The van der Waals surface area contributed by atoms with Gasteiger partial charge in [0.2, 0.25) is 5.95 Å². The van der Waals surface area contributed by atoms with Gasteiger partial charge in [-0.05, 0) is 6.92 Å². The smallest absolute Gasteiger partial charge is 0.324 e. The van der Waals surface area contributed by atoms with Crippen molar-refractivity contribution in [2.75, 3.05) is 25.1 Å². The maximum atomic E-state index is 5.24. The first kappa shape index (κ1) is 13.0. The number of rotatable bonds is 8. The average molecular weight is 236 g/mol. The molecule has 0 aliphatic heterocycles. The van der Waals surface area contributed by atoms with Crippen LogP contribution >= 0.6 is 0 Å². The summed E-state index contributed by atoms with van der Waals surface area (Å²) in [6.07, 6.45) is 3.22. The van der Waals surface area contributed by atoms with Crippen molar-refractivity contribution in [1.29, 1.82) is 0 Å². The van der Waals surface area contributed by atoms with E-state index in [0.29, 0.717) is 25.7 Å². The summed E-state index contributed by atoms with van der Waals surface area (Å²) in [7, 11) is 0. The minimum absolute atomic E-state index is 0.204. The van der Waals surface area contributed by atoms with Crippen LogP contribution in [0, 0.1) is 0 Å². The molecule has 0 bridgehead atoms. The fourth-order valence-electron chi connectivity index (χ4n) is 0.971. The Labute approximate surface area is 100 Å². The second-order valence-electron chi connectivity index (χ2n) is 2.95. The summed E-state index contributed by atoms with van der Waals surface area (Å²) in [5.74, 6) is 0.417. The minimum Gasteiger partial charge on any atom is -0.459 e. The molecule has 0 saturated carbocycles. The molecule has 6 nitrogen and oxygen atoms in total. The summed E-state index contributed by atoms with van der Waals surface area (Å²) in [5.41, 5.74) is 0. The first-order valence-corrected chi connectivity index (χ1v) is 5.27. The molecule has 1 aromatic rings. The maximum Gasteiger partial charge on any atom is 0.324 e. The minimum atomic E-state index is 0.204. The summed E-state index contributed by atoms with van der Waals surface area (Å²) in [4.78, 5) is 12.1. The molecular weight excluding hydrogens is 220 g/mol. The summed E-state index contributed by atoms with van der Waals surface area (Å²) in [6.45, 7) is 10.4. The molecule has 0 amide bonds. The second kappa shape index (κ2) is 7.21. The van der Waals surface area contributed by atoms with Crippen LogP contribution in [-0.4, -0.2) is 34.7 Å². The molecule has 0 fully saturated rings. The summed E-state index contributed by atoms with van der Waals surface area (Å²) >= 11 is 0. The highest BCUT2D eigenvalue weighted by Crippen LogP contribution is 2.12. The second-order valence-corrected chi connectivity index (χ2v) is 2.95. The lowest BCUT2D eigenvalue weighted by Gasteiger charge is -2.07. The van der Waals surface area contributed by atoms with Gasteiger partial charge < -0.3 is 14.8 Å². The van der Waals surface area contributed by atoms with E-state index in [-0.39, 0.29) is 12.0 Å². The van der Waals surface area contributed by atoms with Crippen molar-refractivity contribution in [1.82, 2.24) is 15.0 Å². The van der Waals surface area contributed by atoms with Crippen molar-refractivity contribution < 1.29 is 9.47 Å². The fourth-order valence-corrected chi connectivity index (χ4v) is 0.971. The number of hydrogen-bond donors (Lipinski definition) is 1. The van der Waals surface area contributed by atoms with Gasteiger partial charge in [0.15, 0.2) is 0 Å². The van der Waals surface area contributed by atoms with Crippen LogP contribution in [0.3, 0.4) is 0 Å². The number of aromatic nitrogens is 3. The Balaban J connectivity index is 2.83.